The van der Waals surface area contributed by atoms with Crippen LogP contribution in [0.2, 0.25) is 0 Å². The fourth-order valence-electron chi connectivity index (χ4n) is 1.67. The Labute approximate surface area is 108 Å². The van der Waals surface area contributed by atoms with Gasteiger partial charge in [-0.2, -0.15) is 0 Å². The molecule has 0 bridgehead atoms. The molecule has 2 aromatic rings. The highest BCUT2D eigenvalue weighted by molar-refractivity contribution is 5.29. The minimum Gasteiger partial charge on any atom is -0.480 e. The molecule has 1 heterocycles. The lowest BCUT2D eigenvalue weighted by atomic mass is 10.0. The summed E-state index contributed by atoms with van der Waals surface area (Å²) in [4.78, 5) is 0. The van der Waals surface area contributed by atoms with Crippen LogP contribution in [0.25, 0.3) is 0 Å². The number of nitrogens with two attached hydrogens (primary N) is 1. The van der Waals surface area contributed by atoms with E-state index in [1.165, 1.54) is 19.2 Å². The highest BCUT2D eigenvalue weighted by Crippen LogP contribution is 2.24. The van der Waals surface area contributed by atoms with Crippen molar-refractivity contribution in [2.24, 2.45) is 5.84 Å². The molecule has 5 nitrogen and oxygen atoms in total. The molecule has 0 saturated carbocycles. The van der Waals surface area contributed by atoms with Crippen LogP contribution < -0.4 is 16.0 Å². The van der Waals surface area contributed by atoms with Gasteiger partial charge in [-0.25, -0.2) is 14.2 Å². The number of hydrogen-bond donors (Lipinski definition) is 2. The Balaban J connectivity index is 2.40. The fourth-order valence-corrected chi connectivity index (χ4v) is 1.67. The molecule has 0 amide bonds. The lowest BCUT2D eigenvalue weighted by Gasteiger charge is -2.16. The summed E-state index contributed by atoms with van der Waals surface area (Å²) in [5, 5.41) is 7.62. The lowest BCUT2D eigenvalue weighted by molar-refractivity contribution is 0.389. The van der Waals surface area contributed by atoms with Gasteiger partial charge in [0.25, 0.3) is 0 Å². The molecular formula is C12H12F2N4O. The number of nitrogens with zero attached hydrogens (tertiary/aromatic N) is 2. The number of nitrogens with one attached hydrogen (secondary N) is 1. The van der Waals surface area contributed by atoms with Gasteiger partial charge in [-0.3, -0.25) is 5.84 Å². The normalized spacial score (nSPS) is 12.2. The first-order valence-electron chi connectivity index (χ1n) is 5.45. The zero-order valence-electron chi connectivity index (χ0n) is 10.1. The second-order valence-corrected chi connectivity index (χ2v) is 3.74. The topological polar surface area (TPSA) is 73.1 Å². The molecule has 1 unspecified atom stereocenters. The highest BCUT2D eigenvalue weighted by atomic mass is 19.2. The number of benzene rings is 1. The number of halogens is 2. The first kappa shape index (κ1) is 13.3. The number of ether oxygens (including phenoxy) is 1. The highest BCUT2D eigenvalue weighted by Gasteiger charge is 2.20. The zero-order valence-corrected chi connectivity index (χ0v) is 10.1. The van der Waals surface area contributed by atoms with Gasteiger partial charge in [0, 0.05) is 11.6 Å². The first-order valence-corrected chi connectivity index (χ1v) is 5.45. The van der Waals surface area contributed by atoms with E-state index in [1.807, 2.05) is 0 Å². The first-order chi connectivity index (χ1) is 9.17. The molecule has 0 aliphatic rings. The average Bonchev–Trinajstić information content (AvgIpc) is 2.45. The number of methoxy groups -OCH3 is 1. The Hall–Kier alpha value is -2.12. The third-order valence-electron chi connectivity index (χ3n) is 2.62. The molecule has 1 aromatic carbocycles. The van der Waals surface area contributed by atoms with Crippen molar-refractivity contribution < 1.29 is 13.5 Å². The van der Waals surface area contributed by atoms with Gasteiger partial charge in [0.2, 0.25) is 5.88 Å². The molecule has 3 N–H and O–H groups in total. The van der Waals surface area contributed by atoms with Gasteiger partial charge in [0.15, 0.2) is 11.6 Å². The van der Waals surface area contributed by atoms with Crippen molar-refractivity contribution in [2.75, 3.05) is 7.11 Å². The van der Waals surface area contributed by atoms with Crippen LogP contribution in [0.15, 0.2) is 30.3 Å². The summed E-state index contributed by atoms with van der Waals surface area (Å²) in [7, 11) is 1.45. The Morgan fingerprint density at radius 2 is 2.00 bits per heavy atom. The van der Waals surface area contributed by atoms with Crippen molar-refractivity contribution in [3.8, 4) is 5.88 Å². The second-order valence-electron chi connectivity index (χ2n) is 3.74. The third kappa shape index (κ3) is 2.67. The molecule has 1 atom stereocenters. The number of hydrogen-bond acceptors (Lipinski definition) is 5. The number of aromatic nitrogens is 2. The van der Waals surface area contributed by atoms with Gasteiger partial charge >= 0.3 is 0 Å². The summed E-state index contributed by atoms with van der Waals surface area (Å²) in [5.41, 5.74) is 2.80. The van der Waals surface area contributed by atoms with Crippen LogP contribution in [0.3, 0.4) is 0 Å². The van der Waals surface area contributed by atoms with Crippen LogP contribution in [-0.4, -0.2) is 17.3 Å². The van der Waals surface area contributed by atoms with Crippen molar-refractivity contribution in [1.29, 1.82) is 0 Å². The molecule has 0 radical (unpaired) electrons. The maximum absolute atomic E-state index is 13.7. The standard InChI is InChI=1S/C12H12F2N4O/c1-19-10-6-5-9(17-18-10)12(16-15)7-3-2-4-8(13)11(7)14/h2-6,12,16H,15H2,1H3. The van der Waals surface area contributed by atoms with E-state index in [9.17, 15) is 8.78 Å². The quantitative estimate of drug-likeness (QED) is 0.645. The molecule has 1 aromatic heterocycles. The molecule has 0 spiro atoms. The minimum absolute atomic E-state index is 0.0574. The van der Waals surface area contributed by atoms with Crippen molar-refractivity contribution >= 4 is 0 Å². The van der Waals surface area contributed by atoms with Gasteiger partial charge in [0.1, 0.15) is 0 Å². The van der Waals surface area contributed by atoms with Crippen LogP contribution in [0.4, 0.5) is 8.78 Å². The van der Waals surface area contributed by atoms with Gasteiger partial charge < -0.3 is 4.74 Å². The maximum Gasteiger partial charge on any atom is 0.233 e. The second kappa shape index (κ2) is 5.68. The Morgan fingerprint density at radius 1 is 1.21 bits per heavy atom. The molecule has 19 heavy (non-hydrogen) atoms. The predicted octanol–water partition coefficient (Wildman–Crippen LogP) is 1.32. The molecule has 0 fully saturated rings. The smallest absolute Gasteiger partial charge is 0.233 e. The summed E-state index contributed by atoms with van der Waals surface area (Å²) in [5.74, 6) is 3.79. The van der Waals surface area contributed by atoms with Crippen molar-refractivity contribution in [3.63, 3.8) is 0 Å². The van der Waals surface area contributed by atoms with E-state index in [2.05, 4.69) is 15.6 Å². The van der Waals surface area contributed by atoms with Crippen LogP contribution >= 0.6 is 0 Å². The van der Waals surface area contributed by atoms with E-state index < -0.39 is 17.7 Å². The van der Waals surface area contributed by atoms with Crippen LogP contribution in [0.1, 0.15) is 17.3 Å². The Kier molecular flexibility index (Phi) is 3.98. The molecule has 7 heteroatoms. The van der Waals surface area contributed by atoms with Crippen LogP contribution in [0.5, 0.6) is 5.88 Å². The molecule has 0 aliphatic carbocycles. The summed E-state index contributed by atoms with van der Waals surface area (Å²) < 4.78 is 31.8. The van der Waals surface area contributed by atoms with Gasteiger partial charge in [-0.15, -0.1) is 10.2 Å². The predicted molar refractivity (Wildman–Crippen MR) is 64.1 cm³/mol. The van der Waals surface area contributed by atoms with Gasteiger partial charge in [-0.1, -0.05) is 12.1 Å². The SMILES string of the molecule is COc1ccc(C(NN)c2cccc(F)c2F)nn1. The molecular weight excluding hydrogens is 254 g/mol. The largest absolute Gasteiger partial charge is 0.480 e. The monoisotopic (exact) mass is 266 g/mol. The molecule has 0 saturated heterocycles. The van der Waals surface area contributed by atoms with E-state index >= 15 is 0 Å². The number of rotatable bonds is 4. The molecule has 2 rings (SSSR count). The van der Waals surface area contributed by atoms with Gasteiger partial charge in [0.05, 0.1) is 18.8 Å². The van der Waals surface area contributed by atoms with Crippen molar-refractivity contribution in [3.05, 3.63) is 53.2 Å². The van der Waals surface area contributed by atoms with E-state index in [4.69, 9.17) is 10.6 Å². The van der Waals surface area contributed by atoms with Crippen molar-refractivity contribution in [2.45, 2.75) is 6.04 Å². The van der Waals surface area contributed by atoms with Crippen LogP contribution in [-0.2, 0) is 0 Å². The zero-order chi connectivity index (χ0) is 13.8. The third-order valence-corrected chi connectivity index (χ3v) is 2.62. The summed E-state index contributed by atoms with van der Waals surface area (Å²) in [6, 6.07) is 6.19. The maximum atomic E-state index is 13.7. The average molecular weight is 266 g/mol. The van der Waals surface area contributed by atoms with E-state index in [1.54, 1.807) is 12.1 Å². The summed E-state index contributed by atoms with van der Waals surface area (Å²) in [6.45, 7) is 0. The van der Waals surface area contributed by atoms with E-state index in [-0.39, 0.29) is 5.56 Å². The van der Waals surface area contributed by atoms with Crippen LogP contribution in [0, 0.1) is 11.6 Å². The summed E-state index contributed by atoms with van der Waals surface area (Å²) in [6.07, 6.45) is 0. The summed E-state index contributed by atoms with van der Waals surface area (Å²) >= 11 is 0. The minimum atomic E-state index is -0.969. The molecule has 0 aliphatic heterocycles. The fraction of sp³-hybridized carbons (Fsp3) is 0.167. The lowest BCUT2D eigenvalue weighted by Crippen LogP contribution is -2.30. The van der Waals surface area contributed by atoms with Gasteiger partial charge in [-0.05, 0) is 12.1 Å². The Bertz CT molecular complexity index is 562. The van der Waals surface area contributed by atoms with E-state index in [0.717, 1.165) is 6.07 Å². The Morgan fingerprint density at radius 3 is 2.58 bits per heavy atom. The number of hydrazine groups is 1. The van der Waals surface area contributed by atoms with Crippen molar-refractivity contribution in [1.82, 2.24) is 15.6 Å². The van der Waals surface area contributed by atoms with E-state index in [0.29, 0.717) is 11.6 Å². The molecule has 100 valence electrons.